The average Bonchev–Trinajstić information content (AvgIpc) is 2.91. The highest BCUT2D eigenvalue weighted by Gasteiger charge is 2.33. The van der Waals surface area contributed by atoms with Crippen molar-refractivity contribution in [3.05, 3.63) is 59.7 Å². The van der Waals surface area contributed by atoms with Crippen molar-refractivity contribution < 1.29 is 34.5 Å². The summed E-state index contributed by atoms with van der Waals surface area (Å²) in [7, 11) is 0. The normalized spacial score (nSPS) is 14.8. The first-order valence-corrected chi connectivity index (χ1v) is 13.1. The molecule has 0 heterocycles. The molecule has 0 radical (unpaired) electrons. The van der Waals surface area contributed by atoms with E-state index in [1.807, 2.05) is 6.92 Å². The van der Waals surface area contributed by atoms with Crippen LogP contribution in [0.1, 0.15) is 31.4 Å². The number of rotatable bonds is 14. The Morgan fingerprint density at radius 1 is 0.795 bits per heavy atom. The highest BCUT2D eigenvalue weighted by molar-refractivity contribution is 7.80. The number of hydrogen-bond donors (Lipinski definition) is 8. The van der Waals surface area contributed by atoms with Gasteiger partial charge >= 0.3 is 5.97 Å². The topological polar surface area (TPSA) is 191 Å². The predicted molar refractivity (Wildman–Crippen MR) is 148 cm³/mol. The fourth-order valence-corrected chi connectivity index (χ4v) is 3.89. The zero-order valence-electron chi connectivity index (χ0n) is 21.8. The smallest absolute Gasteiger partial charge is 0.326 e. The standard InChI is InChI=1S/C27H36N4O7S/c1-3-15(2)23(26(36)30-22(27(37)38)13-17-6-10-19(33)11-7-17)31-25(35)21(29-24(34)20(28)14-39)12-16-4-8-18(32)9-5-16/h4-11,15,20-23,32-33,39H,3,12-14,28H2,1-2H3,(H,29,34)(H,30,36)(H,31,35)(H,37,38). The van der Waals surface area contributed by atoms with Crippen LogP contribution in [0.15, 0.2) is 48.5 Å². The van der Waals surface area contributed by atoms with Crippen LogP contribution in [0, 0.1) is 5.92 Å². The maximum Gasteiger partial charge on any atom is 0.326 e. The largest absolute Gasteiger partial charge is 0.508 e. The summed E-state index contributed by atoms with van der Waals surface area (Å²) in [5.41, 5.74) is 6.99. The van der Waals surface area contributed by atoms with Crippen molar-refractivity contribution in [2.45, 2.75) is 57.3 Å². The zero-order chi connectivity index (χ0) is 29.1. The molecular formula is C27H36N4O7S. The molecule has 0 fully saturated rings. The molecule has 2 aromatic carbocycles. The van der Waals surface area contributed by atoms with Crippen LogP contribution >= 0.6 is 12.6 Å². The molecule has 0 saturated carbocycles. The minimum absolute atomic E-state index is 0.0264. The fraction of sp³-hybridized carbons (Fsp3) is 0.407. The number of amides is 3. The van der Waals surface area contributed by atoms with E-state index >= 15 is 0 Å². The van der Waals surface area contributed by atoms with E-state index in [1.54, 1.807) is 31.2 Å². The van der Waals surface area contributed by atoms with E-state index in [4.69, 9.17) is 5.73 Å². The van der Waals surface area contributed by atoms with E-state index in [2.05, 4.69) is 28.6 Å². The van der Waals surface area contributed by atoms with E-state index in [9.17, 15) is 34.5 Å². The monoisotopic (exact) mass is 560 g/mol. The first kappa shape index (κ1) is 31.4. The summed E-state index contributed by atoms with van der Waals surface area (Å²) >= 11 is 4.02. The highest BCUT2D eigenvalue weighted by atomic mass is 32.1. The second-order valence-electron chi connectivity index (χ2n) is 9.36. The van der Waals surface area contributed by atoms with Gasteiger partial charge in [0.2, 0.25) is 17.7 Å². The third kappa shape index (κ3) is 9.80. The van der Waals surface area contributed by atoms with Gasteiger partial charge in [0.05, 0.1) is 6.04 Å². The van der Waals surface area contributed by atoms with Crippen LogP contribution in [-0.2, 0) is 32.0 Å². The molecule has 39 heavy (non-hydrogen) atoms. The number of carboxylic acids is 1. The van der Waals surface area contributed by atoms with E-state index < -0.39 is 47.9 Å². The lowest BCUT2D eigenvalue weighted by Crippen LogP contribution is -2.59. The Balaban J connectivity index is 2.24. The highest BCUT2D eigenvalue weighted by Crippen LogP contribution is 2.15. The van der Waals surface area contributed by atoms with Crippen molar-refractivity contribution in [2.75, 3.05) is 5.75 Å². The molecule has 0 saturated heterocycles. The van der Waals surface area contributed by atoms with E-state index in [0.29, 0.717) is 17.5 Å². The molecule has 0 aromatic heterocycles. The maximum absolute atomic E-state index is 13.4. The number of carbonyl (C=O) groups is 4. The van der Waals surface area contributed by atoms with Crippen LogP contribution in [0.3, 0.4) is 0 Å². The number of benzene rings is 2. The molecule has 5 unspecified atom stereocenters. The molecule has 5 atom stereocenters. The van der Waals surface area contributed by atoms with Crippen molar-refractivity contribution in [2.24, 2.45) is 11.7 Å². The van der Waals surface area contributed by atoms with Gasteiger partial charge in [-0.3, -0.25) is 14.4 Å². The molecule has 0 bridgehead atoms. The molecule has 11 nitrogen and oxygen atoms in total. The number of hydrogen-bond acceptors (Lipinski definition) is 8. The third-order valence-electron chi connectivity index (χ3n) is 6.33. The number of phenolic OH excluding ortho intramolecular Hbond substituents is 2. The van der Waals surface area contributed by atoms with Crippen LogP contribution in [0.2, 0.25) is 0 Å². The van der Waals surface area contributed by atoms with Crippen LogP contribution < -0.4 is 21.7 Å². The Morgan fingerprint density at radius 2 is 1.26 bits per heavy atom. The Kier molecular flexibility index (Phi) is 12.1. The lowest BCUT2D eigenvalue weighted by Gasteiger charge is -2.28. The molecule has 0 aliphatic carbocycles. The molecule has 2 rings (SSSR count). The Hall–Kier alpha value is -3.77. The molecule has 0 spiro atoms. The summed E-state index contributed by atoms with van der Waals surface area (Å²) < 4.78 is 0. The van der Waals surface area contributed by atoms with Crippen LogP contribution in [0.4, 0.5) is 0 Å². The summed E-state index contributed by atoms with van der Waals surface area (Å²) in [6.45, 7) is 3.56. The predicted octanol–water partition coefficient (Wildman–Crippen LogP) is 0.725. The summed E-state index contributed by atoms with van der Waals surface area (Å²) in [5.74, 6) is -3.47. The van der Waals surface area contributed by atoms with Gasteiger partial charge in [-0.15, -0.1) is 0 Å². The first-order chi connectivity index (χ1) is 18.4. The second kappa shape index (κ2) is 15.0. The Bertz CT molecular complexity index is 1130. The number of aliphatic carboxylic acids is 1. The van der Waals surface area contributed by atoms with Gasteiger partial charge in [-0.1, -0.05) is 44.5 Å². The molecule has 0 aliphatic heterocycles. The first-order valence-electron chi connectivity index (χ1n) is 12.5. The summed E-state index contributed by atoms with van der Waals surface area (Å²) in [5, 5.41) is 36.5. The van der Waals surface area contributed by atoms with Crippen molar-refractivity contribution in [1.82, 2.24) is 16.0 Å². The van der Waals surface area contributed by atoms with Gasteiger partial charge in [0, 0.05) is 18.6 Å². The number of phenols is 2. The van der Waals surface area contributed by atoms with Crippen molar-refractivity contribution in [3.63, 3.8) is 0 Å². The van der Waals surface area contributed by atoms with E-state index in [0.717, 1.165) is 0 Å². The third-order valence-corrected chi connectivity index (χ3v) is 6.72. The van der Waals surface area contributed by atoms with Crippen LogP contribution in [0.5, 0.6) is 11.5 Å². The van der Waals surface area contributed by atoms with Crippen molar-refractivity contribution in [3.8, 4) is 11.5 Å². The van der Waals surface area contributed by atoms with Gasteiger partial charge < -0.3 is 37.0 Å². The molecule has 3 amide bonds. The zero-order valence-corrected chi connectivity index (χ0v) is 22.7. The van der Waals surface area contributed by atoms with Gasteiger partial charge in [-0.2, -0.15) is 12.6 Å². The lowest BCUT2D eigenvalue weighted by molar-refractivity contribution is -0.142. The average molecular weight is 561 g/mol. The van der Waals surface area contributed by atoms with E-state index in [1.165, 1.54) is 24.3 Å². The quantitative estimate of drug-likeness (QED) is 0.155. The lowest BCUT2D eigenvalue weighted by atomic mass is 9.96. The SMILES string of the molecule is CCC(C)C(NC(=O)C(Cc1ccc(O)cc1)NC(=O)C(N)CS)C(=O)NC(Cc1ccc(O)cc1)C(=O)O. The Morgan fingerprint density at radius 3 is 1.69 bits per heavy atom. The number of aromatic hydroxyl groups is 2. The molecule has 212 valence electrons. The maximum atomic E-state index is 13.4. The van der Waals surface area contributed by atoms with Gasteiger partial charge in [0.1, 0.15) is 29.6 Å². The van der Waals surface area contributed by atoms with Gasteiger partial charge in [-0.05, 0) is 41.3 Å². The minimum atomic E-state index is -1.29. The number of carbonyl (C=O) groups excluding carboxylic acids is 3. The summed E-state index contributed by atoms with van der Waals surface area (Å²) in [4.78, 5) is 51.0. The van der Waals surface area contributed by atoms with Crippen LogP contribution in [-0.4, -0.2) is 68.9 Å². The molecule has 8 N–H and O–H groups in total. The molecular weight excluding hydrogens is 524 g/mol. The Labute approximate surface area is 232 Å². The molecule has 2 aromatic rings. The number of nitrogens with one attached hydrogen (secondary N) is 3. The van der Waals surface area contributed by atoms with E-state index in [-0.39, 0.29) is 36.0 Å². The second-order valence-corrected chi connectivity index (χ2v) is 9.73. The summed E-state index contributed by atoms with van der Waals surface area (Å²) in [6, 6.07) is 7.57. The van der Waals surface area contributed by atoms with Crippen molar-refractivity contribution >= 4 is 36.3 Å². The fourth-order valence-electron chi connectivity index (χ4n) is 3.72. The minimum Gasteiger partial charge on any atom is -0.508 e. The number of carboxylic acid groups (broad SMARTS) is 1. The van der Waals surface area contributed by atoms with Gasteiger partial charge in [-0.25, -0.2) is 4.79 Å². The van der Waals surface area contributed by atoms with Gasteiger partial charge in [0.15, 0.2) is 0 Å². The summed E-state index contributed by atoms with van der Waals surface area (Å²) in [6.07, 6.45) is 0.502. The number of nitrogens with two attached hydrogens (primary N) is 1. The molecule has 12 heteroatoms. The van der Waals surface area contributed by atoms with Crippen molar-refractivity contribution in [1.29, 1.82) is 0 Å². The van der Waals surface area contributed by atoms with Gasteiger partial charge in [0.25, 0.3) is 0 Å². The molecule has 0 aliphatic rings. The van der Waals surface area contributed by atoms with Crippen LogP contribution in [0.25, 0.3) is 0 Å². The number of thiol groups is 1.